The molecule has 0 aromatic carbocycles. The van der Waals surface area contributed by atoms with Crippen molar-refractivity contribution in [3.8, 4) is 0 Å². The SMILES string of the molecule is C=C(C)C(=O)OCC(=O)OCC(CC)C1COC2(CCCC2)OC1.C=C(C)C(=O)OCC(CC)C1COC(C)(CC)OC1.C=C(C)C(=O)OCC(CC)C1COC2(CCCC2)OC1.C=C(C)C(=O)OCCC(=O)OCC(CC)C1COC2(CCCC2)OC1.C=C(C)C(=O)OCCCOCC(CC)C1COC2(CCCC2)OC1.C=C(C)C(=O)OCCOCC(CC)C1COC2(CCCC2)OC1. The van der Waals surface area contributed by atoms with Gasteiger partial charge in [-0.2, -0.15) is 0 Å². The van der Waals surface area contributed by atoms with Crippen molar-refractivity contribution in [3.05, 3.63) is 72.9 Å². The molecule has 11 fully saturated rings. The average Bonchev–Trinajstić information content (AvgIpc) is 1.72. The fourth-order valence-electron chi connectivity index (χ4n) is 18.0. The maximum Gasteiger partial charge on any atom is 0.344 e. The second-order valence-electron chi connectivity index (χ2n) is 38.9. The molecule has 0 amide bonds. The van der Waals surface area contributed by atoms with Gasteiger partial charge in [-0.1, -0.05) is 101 Å². The Bertz CT molecular complexity index is 3570. The average molecular weight is 1910 g/mol. The Kier molecular flexibility index (Phi) is 53.3. The van der Waals surface area contributed by atoms with Crippen LogP contribution in [0.2, 0.25) is 0 Å². The minimum atomic E-state index is -0.588. The van der Waals surface area contributed by atoms with Gasteiger partial charge in [0.05, 0.1) is 125 Å². The third kappa shape index (κ3) is 41.0. The molecule has 6 atom stereocenters. The highest BCUT2D eigenvalue weighted by Crippen LogP contribution is 2.45. The van der Waals surface area contributed by atoms with Gasteiger partial charge < -0.3 is 104 Å². The van der Waals surface area contributed by atoms with Gasteiger partial charge in [0.1, 0.15) is 13.2 Å². The molecule has 30 nitrogen and oxygen atoms in total. The zero-order chi connectivity index (χ0) is 99.0. The highest BCUT2D eigenvalue weighted by Gasteiger charge is 2.48. The van der Waals surface area contributed by atoms with Crippen molar-refractivity contribution >= 4 is 47.8 Å². The summed E-state index contributed by atoms with van der Waals surface area (Å²) < 4.78 is 124. The molecule has 6 aliphatic heterocycles. The number of hydrogen-bond donors (Lipinski definition) is 0. The highest BCUT2D eigenvalue weighted by molar-refractivity contribution is 5.89. The summed E-state index contributed by atoms with van der Waals surface area (Å²) in [5.41, 5.74) is 2.29. The topological polar surface area (TPSA) is 340 Å². The van der Waals surface area contributed by atoms with Gasteiger partial charge >= 0.3 is 47.8 Å². The molecule has 6 heterocycles. The Morgan fingerprint density at radius 2 is 0.489 bits per heavy atom. The van der Waals surface area contributed by atoms with Crippen LogP contribution < -0.4 is 0 Å². The van der Waals surface area contributed by atoms with Crippen LogP contribution in [0.4, 0.5) is 0 Å². The van der Waals surface area contributed by atoms with E-state index >= 15 is 0 Å². The molecule has 0 aromatic heterocycles. The van der Waals surface area contributed by atoms with E-state index in [4.69, 9.17) is 104 Å². The largest absolute Gasteiger partial charge is 0.465 e. The molecular formula is C105H172O30. The number of carbonyl (C=O) groups is 8. The molecule has 5 saturated carbocycles. The lowest BCUT2D eigenvalue weighted by Crippen LogP contribution is -2.45. The monoisotopic (exact) mass is 1910 g/mol. The second-order valence-corrected chi connectivity index (χ2v) is 38.9. The maximum absolute atomic E-state index is 11.8. The van der Waals surface area contributed by atoms with Crippen molar-refractivity contribution in [2.45, 2.75) is 318 Å². The lowest BCUT2D eigenvalue weighted by Gasteiger charge is -2.40. The minimum absolute atomic E-state index is 0.0134. The van der Waals surface area contributed by atoms with E-state index in [1.165, 1.54) is 45.4 Å². The van der Waals surface area contributed by atoms with Gasteiger partial charge in [0.15, 0.2) is 41.3 Å². The van der Waals surface area contributed by atoms with Crippen LogP contribution in [0.25, 0.3) is 0 Å². The minimum Gasteiger partial charge on any atom is -0.465 e. The van der Waals surface area contributed by atoms with Gasteiger partial charge in [-0.25, -0.2) is 33.6 Å². The third-order valence-corrected chi connectivity index (χ3v) is 27.9. The number of carbonyl (C=O) groups excluding carboxylic acids is 8. The molecule has 30 heteroatoms. The quantitative estimate of drug-likeness (QED) is 0.0237. The molecular weight excluding hydrogens is 1740 g/mol. The summed E-state index contributed by atoms with van der Waals surface area (Å²) in [4.78, 5) is 91.4. The smallest absolute Gasteiger partial charge is 0.344 e. The zero-order valence-electron chi connectivity index (χ0n) is 84.9. The predicted molar refractivity (Wildman–Crippen MR) is 507 cm³/mol. The van der Waals surface area contributed by atoms with E-state index in [9.17, 15) is 38.4 Å². The van der Waals surface area contributed by atoms with Crippen LogP contribution >= 0.6 is 0 Å². The molecule has 5 spiro atoms. The maximum atomic E-state index is 11.8. The molecule has 0 aromatic rings. The molecule has 6 saturated heterocycles. The highest BCUT2D eigenvalue weighted by atomic mass is 16.7. The molecule has 0 N–H and O–H groups in total. The van der Waals surface area contributed by atoms with E-state index in [-0.39, 0.29) is 139 Å². The molecule has 0 radical (unpaired) electrons. The van der Waals surface area contributed by atoms with Gasteiger partial charge in [0, 0.05) is 183 Å². The summed E-state index contributed by atoms with van der Waals surface area (Å²) in [7, 11) is 0. The van der Waals surface area contributed by atoms with Crippen LogP contribution in [0.3, 0.4) is 0 Å². The van der Waals surface area contributed by atoms with Crippen LogP contribution in [-0.4, -0.2) is 241 Å². The fraction of sp³-hybridized carbons (Fsp3) is 0.810. The predicted octanol–water partition coefficient (Wildman–Crippen LogP) is 18.1. The van der Waals surface area contributed by atoms with Gasteiger partial charge in [0.25, 0.3) is 0 Å². The van der Waals surface area contributed by atoms with Crippen molar-refractivity contribution in [2.24, 2.45) is 71.0 Å². The molecule has 6 unspecified atom stereocenters. The summed E-state index contributed by atoms with van der Waals surface area (Å²) in [6.07, 6.45) is 29.2. The first-order valence-electron chi connectivity index (χ1n) is 50.6. The molecule has 772 valence electrons. The summed E-state index contributed by atoms with van der Waals surface area (Å²) >= 11 is 0. The Morgan fingerprint density at radius 3 is 0.756 bits per heavy atom. The number of hydrogen-bond acceptors (Lipinski definition) is 30. The van der Waals surface area contributed by atoms with Gasteiger partial charge in [-0.15, -0.1) is 0 Å². The number of ether oxygens (including phenoxy) is 22. The van der Waals surface area contributed by atoms with Crippen LogP contribution in [0, 0.1) is 71.0 Å². The van der Waals surface area contributed by atoms with Gasteiger partial charge in [0.2, 0.25) is 0 Å². The zero-order valence-corrected chi connectivity index (χ0v) is 84.9. The van der Waals surface area contributed by atoms with E-state index in [0.29, 0.717) is 170 Å². The van der Waals surface area contributed by atoms with Crippen LogP contribution in [0.5, 0.6) is 0 Å². The Balaban J connectivity index is 0.000000250. The first kappa shape index (κ1) is 117. The molecule has 11 rings (SSSR count). The Morgan fingerprint density at radius 1 is 0.267 bits per heavy atom. The van der Waals surface area contributed by atoms with Crippen LogP contribution in [-0.2, 0) is 143 Å². The third-order valence-electron chi connectivity index (χ3n) is 27.9. The standard InChI is InChI=1S/C19H30O6.C19H32O5.C18H28O6.C18H30O5.C16H26O4.C15H26O4/c1-4-15(11-23-17(20)7-10-22-18(21)14(2)3)16-12-24-19(25-13-16)8-5-6-9-19;1-4-16(12-21-10-7-11-22-18(20)15(2)3)17-13-23-19(24-14-17)8-5-6-9-19;1-4-14(9-21-16(19)12-22-17(20)13(2)3)15-10-23-18(24-11-15)7-5-6-8-18;1-4-15(11-20-9-10-21-17(19)14(2)3)16-12-22-18(23-13-16)7-5-6-8-18;1-4-13(9-18-15(17)12(2)3)14-10-19-16(20-11-14)7-5-6-8-16;1-6-12(8-17-14(16)11(3)4)13-9-18-15(5,7-2)19-10-13/h15-16H,2,4-13H2,1,3H3;16-17H,2,4-14H2,1,3H3;14-15H,2,4-12H2,1,3H3;15-16H,2,4-13H2,1,3H3;13-14H,2,4-11H2,1,3H3;12-13H,3,6-10H2,1-2,4-5H3. The molecule has 5 aliphatic carbocycles. The lowest BCUT2D eigenvalue weighted by molar-refractivity contribution is -0.285. The summed E-state index contributed by atoms with van der Waals surface area (Å²) in [5, 5.41) is 0. The Hall–Kier alpha value is -6.36. The molecule has 135 heavy (non-hydrogen) atoms. The summed E-state index contributed by atoms with van der Waals surface area (Å²) in [5.74, 6) is -1.73. The van der Waals surface area contributed by atoms with Crippen LogP contribution in [0.15, 0.2) is 72.9 Å². The fourth-order valence-corrected chi connectivity index (χ4v) is 18.0. The van der Waals surface area contributed by atoms with E-state index in [1.807, 2.05) is 13.8 Å². The normalized spacial score (nSPS) is 24.5. The molecule has 11 aliphatic rings. The first-order chi connectivity index (χ1) is 64.5. The number of rotatable bonds is 43. The summed E-state index contributed by atoms with van der Waals surface area (Å²) in [6, 6.07) is 0. The van der Waals surface area contributed by atoms with Crippen molar-refractivity contribution in [1.29, 1.82) is 0 Å². The van der Waals surface area contributed by atoms with Crippen molar-refractivity contribution in [3.63, 3.8) is 0 Å². The number of esters is 8. The van der Waals surface area contributed by atoms with Crippen molar-refractivity contribution < 1.29 is 143 Å². The second kappa shape index (κ2) is 61.4. The van der Waals surface area contributed by atoms with Crippen molar-refractivity contribution in [1.82, 2.24) is 0 Å². The lowest BCUT2D eigenvalue weighted by atomic mass is 9.91. The summed E-state index contributed by atoms with van der Waals surface area (Å²) in [6.45, 7) is 60.1. The van der Waals surface area contributed by atoms with Crippen molar-refractivity contribution in [2.75, 3.05) is 159 Å². The van der Waals surface area contributed by atoms with E-state index in [1.54, 1.807) is 34.6 Å². The molecule has 0 bridgehead atoms. The van der Waals surface area contributed by atoms with E-state index < -0.39 is 23.7 Å². The van der Waals surface area contributed by atoms with Gasteiger partial charge in [-0.3, -0.25) is 4.79 Å². The van der Waals surface area contributed by atoms with E-state index in [0.717, 1.165) is 161 Å². The van der Waals surface area contributed by atoms with Crippen LogP contribution in [0.1, 0.15) is 283 Å². The Labute approximate surface area is 806 Å². The van der Waals surface area contributed by atoms with E-state index in [2.05, 4.69) is 81.0 Å². The first-order valence-corrected chi connectivity index (χ1v) is 50.6. The van der Waals surface area contributed by atoms with Gasteiger partial charge in [-0.05, 0) is 157 Å².